The largest absolute Gasteiger partial charge is 0.490 e. The highest BCUT2D eigenvalue weighted by Crippen LogP contribution is 2.34. The van der Waals surface area contributed by atoms with Crippen LogP contribution in [0.1, 0.15) is 33.3 Å². The average Bonchev–Trinajstić information content (AvgIpc) is 3.28. The summed E-state index contributed by atoms with van der Waals surface area (Å²) in [4.78, 5) is 0.299. The van der Waals surface area contributed by atoms with Crippen molar-refractivity contribution < 1.29 is 31.8 Å². The summed E-state index contributed by atoms with van der Waals surface area (Å²) in [6, 6.07) is 5.30. The van der Waals surface area contributed by atoms with E-state index in [-0.39, 0.29) is 30.1 Å². The molecule has 1 saturated heterocycles. The van der Waals surface area contributed by atoms with Crippen LogP contribution in [0, 0.1) is 29.2 Å². The lowest BCUT2D eigenvalue weighted by Gasteiger charge is -2.28. The number of hydrogen-bond donors (Lipinski definition) is 1. The molecule has 2 aliphatic rings. The Balaban J connectivity index is 0.000000294. The molecule has 0 radical (unpaired) electrons. The van der Waals surface area contributed by atoms with E-state index in [9.17, 15) is 17.6 Å². The van der Waals surface area contributed by atoms with Crippen LogP contribution in [-0.4, -0.2) is 26.1 Å². The maximum absolute atomic E-state index is 13.6. The zero-order valence-corrected chi connectivity index (χ0v) is 18.4. The number of fused-ring (bicyclic) bond motifs is 1. The van der Waals surface area contributed by atoms with Crippen molar-refractivity contribution in [1.82, 2.24) is 0 Å². The van der Waals surface area contributed by atoms with Crippen LogP contribution in [0.15, 0.2) is 35.2 Å². The Hall–Kier alpha value is -1.77. The number of rotatable bonds is 1. The van der Waals surface area contributed by atoms with Crippen molar-refractivity contribution in [2.24, 2.45) is 5.92 Å². The van der Waals surface area contributed by atoms with E-state index in [2.05, 4.69) is 12.6 Å². The first-order valence-corrected chi connectivity index (χ1v) is 10.4. The topological polar surface area (TPSA) is 27.7 Å². The third kappa shape index (κ3) is 7.49. The molecule has 2 aromatic carbocycles. The van der Waals surface area contributed by atoms with Gasteiger partial charge in [-0.2, -0.15) is 0 Å². The SMILES string of the molecule is CC.CC.Fc1cc(F)cc(S)c1.Fc1ccc(F)c2c1CC(C1OCCO1)CO2. The number of halogens is 4. The smallest absolute Gasteiger partial charge is 0.165 e. The molecule has 30 heavy (non-hydrogen) atoms. The summed E-state index contributed by atoms with van der Waals surface area (Å²) in [5.41, 5.74) is 0.278. The van der Waals surface area contributed by atoms with E-state index >= 15 is 0 Å². The maximum atomic E-state index is 13.6. The van der Waals surface area contributed by atoms with Crippen molar-refractivity contribution >= 4 is 12.6 Å². The molecule has 0 bridgehead atoms. The van der Waals surface area contributed by atoms with Crippen LogP contribution in [0.25, 0.3) is 0 Å². The zero-order chi connectivity index (χ0) is 22.7. The zero-order valence-electron chi connectivity index (χ0n) is 17.6. The first kappa shape index (κ1) is 26.3. The Kier molecular flexibility index (Phi) is 11.8. The third-order valence-electron chi connectivity index (χ3n) is 3.94. The second-order valence-electron chi connectivity index (χ2n) is 5.85. The highest BCUT2D eigenvalue weighted by atomic mass is 32.1. The summed E-state index contributed by atoms with van der Waals surface area (Å²) in [6.45, 7) is 9.37. The molecule has 2 aliphatic heterocycles. The van der Waals surface area contributed by atoms with Crippen LogP contribution in [-0.2, 0) is 15.9 Å². The second kappa shape index (κ2) is 13.5. The fourth-order valence-corrected chi connectivity index (χ4v) is 3.04. The van der Waals surface area contributed by atoms with Crippen LogP contribution in [0.3, 0.4) is 0 Å². The Morgan fingerprint density at radius 3 is 1.90 bits per heavy atom. The molecule has 0 saturated carbocycles. The van der Waals surface area contributed by atoms with Crippen LogP contribution in [0.4, 0.5) is 17.6 Å². The van der Waals surface area contributed by atoms with E-state index in [0.717, 1.165) is 30.3 Å². The first-order valence-electron chi connectivity index (χ1n) is 9.92. The molecular formula is C22H28F4O3S. The van der Waals surface area contributed by atoms with Crippen molar-refractivity contribution in [2.75, 3.05) is 19.8 Å². The molecule has 168 valence electrons. The normalized spacial score (nSPS) is 17.2. The van der Waals surface area contributed by atoms with Gasteiger partial charge in [-0.1, -0.05) is 27.7 Å². The summed E-state index contributed by atoms with van der Waals surface area (Å²) in [7, 11) is 0. The summed E-state index contributed by atoms with van der Waals surface area (Å²) in [5.74, 6) is -2.21. The molecule has 1 unspecified atom stereocenters. The molecule has 3 nitrogen and oxygen atoms in total. The maximum Gasteiger partial charge on any atom is 0.165 e. The fraction of sp³-hybridized carbons (Fsp3) is 0.455. The van der Waals surface area contributed by atoms with Gasteiger partial charge in [-0.15, -0.1) is 12.6 Å². The summed E-state index contributed by atoms with van der Waals surface area (Å²) < 4.78 is 67.3. The molecule has 1 atom stereocenters. The minimum absolute atomic E-state index is 0.0271. The van der Waals surface area contributed by atoms with Crippen LogP contribution in [0.5, 0.6) is 5.75 Å². The van der Waals surface area contributed by atoms with Gasteiger partial charge in [0, 0.05) is 22.4 Å². The Morgan fingerprint density at radius 2 is 1.37 bits per heavy atom. The van der Waals surface area contributed by atoms with E-state index in [0.29, 0.717) is 24.5 Å². The van der Waals surface area contributed by atoms with Gasteiger partial charge in [0.15, 0.2) is 17.9 Å². The van der Waals surface area contributed by atoms with Crippen LogP contribution in [0.2, 0.25) is 0 Å². The molecule has 8 heteroatoms. The first-order chi connectivity index (χ1) is 14.4. The lowest BCUT2D eigenvalue weighted by molar-refractivity contribution is -0.0968. The van der Waals surface area contributed by atoms with Gasteiger partial charge in [-0.05, 0) is 30.7 Å². The molecule has 0 N–H and O–H groups in total. The monoisotopic (exact) mass is 448 g/mol. The van der Waals surface area contributed by atoms with Crippen molar-refractivity contribution in [3.63, 3.8) is 0 Å². The van der Waals surface area contributed by atoms with E-state index in [1.165, 1.54) is 0 Å². The molecule has 1 fully saturated rings. The van der Waals surface area contributed by atoms with Gasteiger partial charge >= 0.3 is 0 Å². The van der Waals surface area contributed by atoms with Gasteiger partial charge in [0.2, 0.25) is 0 Å². The number of benzene rings is 2. The molecule has 2 heterocycles. The lowest BCUT2D eigenvalue weighted by atomic mass is 9.95. The molecule has 0 aromatic heterocycles. The molecule has 2 aromatic rings. The standard InChI is InChI=1S/C12H12F2O3.C6H4F2S.2C2H6/c13-9-1-2-10(14)11-8(9)5-7(6-17-11)12-15-3-4-16-12;7-4-1-5(8)3-6(9)2-4;2*1-2/h1-2,7,12H,3-6H2;1-3,9H;2*1-2H3. The van der Waals surface area contributed by atoms with Crippen LogP contribution >= 0.6 is 12.6 Å². The van der Waals surface area contributed by atoms with Gasteiger partial charge in [0.25, 0.3) is 0 Å². The van der Waals surface area contributed by atoms with E-state index in [1.807, 2.05) is 27.7 Å². The number of hydrogen-bond acceptors (Lipinski definition) is 4. The second-order valence-corrected chi connectivity index (χ2v) is 6.37. The highest BCUT2D eigenvalue weighted by molar-refractivity contribution is 7.80. The predicted molar refractivity (Wildman–Crippen MR) is 111 cm³/mol. The Labute approximate surface area is 180 Å². The van der Waals surface area contributed by atoms with Gasteiger partial charge < -0.3 is 14.2 Å². The summed E-state index contributed by atoms with van der Waals surface area (Å²) >= 11 is 3.74. The summed E-state index contributed by atoms with van der Waals surface area (Å²) in [6.07, 6.45) is 0.00895. The van der Waals surface area contributed by atoms with Gasteiger partial charge in [-0.3, -0.25) is 0 Å². The predicted octanol–water partition coefficient (Wildman–Crippen LogP) is 6.19. The van der Waals surface area contributed by atoms with Gasteiger partial charge in [-0.25, -0.2) is 17.6 Å². The Bertz CT molecular complexity index is 733. The summed E-state index contributed by atoms with van der Waals surface area (Å²) in [5, 5.41) is 0. The van der Waals surface area contributed by atoms with Crippen molar-refractivity contribution in [1.29, 1.82) is 0 Å². The molecule has 0 aliphatic carbocycles. The average molecular weight is 449 g/mol. The minimum atomic E-state index is -0.597. The van der Waals surface area contributed by atoms with E-state index < -0.39 is 23.3 Å². The molecular weight excluding hydrogens is 420 g/mol. The van der Waals surface area contributed by atoms with E-state index in [4.69, 9.17) is 14.2 Å². The Morgan fingerprint density at radius 1 is 0.833 bits per heavy atom. The quantitative estimate of drug-likeness (QED) is 0.416. The number of thiol groups is 1. The molecule has 0 amide bonds. The van der Waals surface area contributed by atoms with Gasteiger partial charge in [0.05, 0.1) is 19.8 Å². The highest BCUT2D eigenvalue weighted by Gasteiger charge is 2.33. The molecule has 0 spiro atoms. The third-order valence-corrected chi connectivity index (χ3v) is 4.20. The number of ether oxygens (including phenoxy) is 3. The van der Waals surface area contributed by atoms with Crippen molar-refractivity contribution in [2.45, 2.75) is 45.3 Å². The van der Waals surface area contributed by atoms with Crippen molar-refractivity contribution in [3.05, 3.63) is 59.2 Å². The van der Waals surface area contributed by atoms with E-state index in [1.54, 1.807) is 0 Å². The van der Waals surface area contributed by atoms with Crippen molar-refractivity contribution in [3.8, 4) is 5.75 Å². The molecule has 4 rings (SSSR count). The minimum Gasteiger partial charge on any atom is -0.490 e. The fourth-order valence-electron chi connectivity index (χ4n) is 2.80. The lowest BCUT2D eigenvalue weighted by Crippen LogP contribution is -2.33. The van der Waals surface area contributed by atoms with Crippen LogP contribution < -0.4 is 4.74 Å². The van der Waals surface area contributed by atoms with Gasteiger partial charge in [0.1, 0.15) is 17.5 Å².